The maximum absolute atomic E-state index is 13.3. The third-order valence-corrected chi connectivity index (χ3v) is 7.31. The van der Waals surface area contributed by atoms with Crippen molar-refractivity contribution in [3.8, 4) is 11.4 Å². The predicted octanol–water partition coefficient (Wildman–Crippen LogP) is 4.71. The summed E-state index contributed by atoms with van der Waals surface area (Å²) in [5.74, 6) is 1.45. The molecular weight excluding hydrogens is 518 g/mol. The van der Waals surface area contributed by atoms with Gasteiger partial charge >= 0.3 is 0 Å². The molecule has 34 heavy (non-hydrogen) atoms. The summed E-state index contributed by atoms with van der Waals surface area (Å²) in [6.45, 7) is 5.35. The summed E-state index contributed by atoms with van der Waals surface area (Å²) in [6, 6.07) is 15.7. The number of carbonyl (C=O) groups is 1. The van der Waals surface area contributed by atoms with Gasteiger partial charge in [-0.15, -0.1) is 0 Å². The predicted molar refractivity (Wildman–Crippen MR) is 136 cm³/mol. The van der Waals surface area contributed by atoms with Gasteiger partial charge in [-0.05, 0) is 61.9 Å². The number of benzene rings is 2. The number of rotatable bonds is 5. The monoisotopic (exact) mass is 543 g/mol. The molecule has 2 aliphatic heterocycles. The van der Waals surface area contributed by atoms with Crippen LogP contribution in [0.1, 0.15) is 18.7 Å². The number of halogens is 2. The highest BCUT2D eigenvalue weighted by Crippen LogP contribution is 2.25. The van der Waals surface area contributed by atoms with Gasteiger partial charge in [-0.25, -0.2) is 0 Å². The van der Waals surface area contributed by atoms with Crippen LogP contribution in [0.5, 0.6) is 0 Å². The summed E-state index contributed by atoms with van der Waals surface area (Å²) < 4.78 is 6.51. The number of piperazine rings is 1. The lowest BCUT2D eigenvalue weighted by molar-refractivity contribution is -0.137. The first kappa shape index (κ1) is 23.3. The number of amides is 1. The highest BCUT2D eigenvalue weighted by Gasteiger charge is 2.31. The number of piperidine rings is 1. The summed E-state index contributed by atoms with van der Waals surface area (Å²) in [5.41, 5.74) is 2.03. The Morgan fingerprint density at radius 1 is 1.09 bits per heavy atom. The van der Waals surface area contributed by atoms with Crippen molar-refractivity contribution >= 4 is 39.1 Å². The molecule has 1 amide bonds. The number of nitrogens with zero attached hydrogens (tertiary/aromatic N) is 5. The summed E-state index contributed by atoms with van der Waals surface area (Å²) in [4.78, 5) is 24.4. The van der Waals surface area contributed by atoms with Crippen LogP contribution in [-0.4, -0.2) is 65.1 Å². The molecule has 2 saturated heterocycles. The van der Waals surface area contributed by atoms with Gasteiger partial charge in [0.2, 0.25) is 17.6 Å². The van der Waals surface area contributed by atoms with Crippen molar-refractivity contribution in [1.82, 2.24) is 19.9 Å². The van der Waals surface area contributed by atoms with Crippen LogP contribution in [-0.2, 0) is 11.3 Å². The fourth-order valence-corrected chi connectivity index (χ4v) is 5.19. The van der Waals surface area contributed by atoms with E-state index in [9.17, 15) is 4.79 Å². The highest BCUT2D eigenvalue weighted by atomic mass is 79.9. The van der Waals surface area contributed by atoms with Gasteiger partial charge in [0, 0.05) is 53.5 Å². The van der Waals surface area contributed by atoms with Crippen LogP contribution in [0, 0.1) is 5.92 Å². The van der Waals surface area contributed by atoms with Crippen LogP contribution < -0.4 is 4.90 Å². The third-order valence-electron chi connectivity index (χ3n) is 6.55. The molecule has 0 saturated carbocycles. The van der Waals surface area contributed by atoms with Crippen molar-refractivity contribution in [3.63, 3.8) is 0 Å². The SMILES string of the molecule is O=C(C1CCCN(Cc2nc(-c3ccc(Br)cc3)no2)C1)N1CCN(c2cccc(Cl)c2)CC1. The second-order valence-electron chi connectivity index (χ2n) is 8.89. The Morgan fingerprint density at radius 3 is 2.65 bits per heavy atom. The van der Waals surface area contributed by atoms with Crippen LogP contribution in [0.2, 0.25) is 5.02 Å². The molecule has 2 aromatic carbocycles. The molecule has 0 bridgehead atoms. The Hall–Kier alpha value is -2.42. The molecule has 3 heterocycles. The lowest BCUT2D eigenvalue weighted by Gasteiger charge is -2.39. The topological polar surface area (TPSA) is 65.7 Å². The number of likely N-dealkylation sites (tertiary alicyclic amines) is 1. The van der Waals surface area contributed by atoms with E-state index in [-0.39, 0.29) is 11.8 Å². The zero-order valence-electron chi connectivity index (χ0n) is 18.9. The van der Waals surface area contributed by atoms with Crippen molar-refractivity contribution in [2.45, 2.75) is 19.4 Å². The number of anilines is 1. The molecule has 0 radical (unpaired) electrons. The minimum absolute atomic E-state index is 0.0142. The summed E-state index contributed by atoms with van der Waals surface area (Å²) in [5, 5.41) is 4.87. The number of aromatic nitrogens is 2. The van der Waals surface area contributed by atoms with E-state index in [2.05, 4.69) is 41.9 Å². The van der Waals surface area contributed by atoms with Crippen molar-refractivity contribution in [2.24, 2.45) is 5.92 Å². The van der Waals surface area contributed by atoms with Gasteiger partial charge in [-0.1, -0.05) is 38.8 Å². The van der Waals surface area contributed by atoms with Crippen molar-refractivity contribution < 1.29 is 9.32 Å². The van der Waals surface area contributed by atoms with E-state index in [1.165, 1.54) is 0 Å². The second-order valence-corrected chi connectivity index (χ2v) is 10.2. The number of hydrogen-bond donors (Lipinski definition) is 0. The molecule has 0 spiro atoms. The Labute approximate surface area is 212 Å². The van der Waals surface area contributed by atoms with E-state index < -0.39 is 0 Å². The standard InChI is InChI=1S/C25H27BrClN5O2/c26-20-8-6-18(7-9-20)24-28-23(34-29-24)17-30-10-2-3-19(16-30)25(33)32-13-11-31(12-14-32)22-5-1-4-21(27)15-22/h1,4-9,15,19H,2-3,10-14,16-17H2. The number of carbonyl (C=O) groups excluding carboxylic acids is 1. The second kappa shape index (κ2) is 10.5. The van der Waals surface area contributed by atoms with E-state index in [0.717, 1.165) is 72.9 Å². The van der Waals surface area contributed by atoms with Crippen LogP contribution in [0.15, 0.2) is 57.5 Å². The van der Waals surface area contributed by atoms with E-state index in [4.69, 9.17) is 16.1 Å². The van der Waals surface area contributed by atoms with Gasteiger partial charge in [0.25, 0.3) is 0 Å². The first-order valence-electron chi connectivity index (χ1n) is 11.7. The molecule has 178 valence electrons. The van der Waals surface area contributed by atoms with Gasteiger partial charge in [0.05, 0.1) is 12.5 Å². The van der Waals surface area contributed by atoms with Crippen LogP contribution >= 0.6 is 27.5 Å². The quantitative estimate of drug-likeness (QED) is 0.463. The molecule has 7 nitrogen and oxygen atoms in total. The molecule has 0 N–H and O–H groups in total. The van der Waals surface area contributed by atoms with Gasteiger partial charge in [0.15, 0.2) is 0 Å². The highest BCUT2D eigenvalue weighted by molar-refractivity contribution is 9.10. The van der Waals surface area contributed by atoms with Crippen molar-refractivity contribution in [3.05, 3.63) is 63.9 Å². The minimum Gasteiger partial charge on any atom is -0.368 e. The lowest BCUT2D eigenvalue weighted by Crippen LogP contribution is -2.52. The van der Waals surface area contributed by atoms with E-state index in [1.807, 2.05) is 47.4 Å². The van der Waals surface area contributed by atoms with E-state index in [1.54, 1.807) is 0 Å². The van der Waals surface area contributed by atoms with Gasteiger partial charge < -0.3 is 14.3 Å². The molecule has 9 heteroatoms. The fraction of sp³-hybridized carbons (Fsp3) is 0.400. The summed E-state index contributed by atoms with van der Waals surface area (Å²) in [6.07, 6.45) is 1.92. The average molecular weight is 545 g/mol. The zero-order valence-corrected chi connectivity index (χ0v) is 21.2. The average Bonchev–Trinajstić information content (AvgIpc) is 3.33. The third kappa shape index (κ3) is 5.45. The van der Waals surface area contributed by atoms with Crippen molar-refractivity contribution in [2.75, 3.05) is 44.2 Å². The Balaban J connectivity index is 1.15. The van der Waals surface area contributed by atoms with Crippen LogP contribution in [0.4, 0.5) is 5.69 Å². The summed E-state index contributed by atoms with van der Waals surface area (Å²) in [7, 11) is 0. The summed E-state index contributed by atoms with van der Waals surface area (Å²) >= 11 is 9.58. The first-order valence-corrected chi connectivity index (χ1v) is 12.8. The molecule has 1 atom stereocenters. The van der Waals surface area contributed by atoms with Crippen LogP contribution in [0.3, 0.4) is 0 Å². The van der Waals surface area contributed by atoms with E-state index >= 15 is 0 Å². The molecule has 2 aliphatic rings. The first-order chi connectivity index (χ1) is 16.5. The number of hydrogen-bond acceptors (Lipinski definition) is 6. The Bertz CT molecular complexity index is 1130. The molecule has 0 aliphatic carbocycles. The molecule has 3 aromatic rings. The molecule has 5 rings (SSSR count). The van der Waals surface area contributed by atoms with E-state index in [0.29, 0.717) is 18.3 Å². The zero-order chi connectivity index (χ0) is 23.5. The Kier molecular flexibility index (Phi) is 7.18. The fourth-order valence-electron chi connectivity index (χ4n) is 4.74. The van der Waals surface area contributed by atoms with Crippen molar-refractivity contribution in [1.29, 1.82) is 0 Å². The minimum atomic E-state index is 0.0142. The largest absolute Gasteiger partial charge is 0.368 e. The molecule has 1 unspecified atom stereocenters. The van der Waals surface area contributed by atoms with Gasteiger partial charge in [0.1, 0.15) is 0 Å². The molecule has 1 aromatic heterocycles. The normalized spacial score (nSPS) is 19.4. The lowest BCUT2D eigenvalue weighted by atomic mass is 9.96. The Morgan fingerprint density at radius 2 is 1.88 bits per heavy atom. The van der Waals surface area contributed by atoms with Gasteiger partial charge in [-0.2, -0.15) is 4.98 Å². The maximum atomic E-state index is 13.3. The van der Waals surface area contributed by atoms with Gasteiger partial charge in [-0.3, -0.25) is 9.69 Å². The molecule has 2 fully saturated rings. The smallest absolute Gasteiger partial charge is 0.241 e. The maximum Gasteiger partial charge on any atom is 0.241 e. The molecular formula is C25H27BrClN5O2. The van der Waals surface area contributed by atoms with Crippen LogP contribution in [0.25, 0.3) is 11.4 Å².